The van der Waals surface area contributed by atoms with Gasteiger partial charge in [0.2, 0.25) is 0 Å². The van der Waals surface area contributed by atoms with Crippen LogP contribution in [-0.2, 0) is 0 Å². The summed E-state index contributed by atoms with van der Waals surface area (Å²) < 4.78 is 0. The lowest BCUT2D eigenvalue weighted by Gasteiger charge is -2.15. The zero-order valence-electron chi connectivity index (χ0n) is 9.63. The first-order valence-corrected chi connectivity index (χ1v) is 5.83. The number of hydrogen-bond acceptors (Lipinski definition) is 3. The fraction of sp³-hybridized carbons (Fsp3) is 1.00. The fourth-order valence-corrected chi connectivity index (χ4v) is 1.51. The maximum absolute atomic E-state index is 9.30. The average molecular weight is 202 g/mol. The average Bonchev–Trinajstić information content (AvgIpc) is 2.22. The van der Waals surface area contributed by atoms with Gasteiger partial charge in [0.25, 0.3) is 0 Å². The quantitative estimate of drug-likeness (QED) is 0.491. The first kappa shape index (κ1) is 13.9. The van der Waals surface area contributed by atoms with Gasteiger partial charge in [-0.15, -0.1) is 0 Å². The van der Waals surface area contributed by atoms with Crippen LogP contribution in [0.2, 0.25) is 0 Å². The normalized spacial score (nSPS) is 15.4. The molecule has 0 aliphatic carbocycles. The number of aliphatic hydroxyl groups is 1. The van der Waals surface area contributed by atoms with Gasteiger partial charge in [0.1, 0.15) is 0 Å². The summed E-state index contributed by atoms with van der Waals surface area (Å²) in [5.74, 6) is 0.645. The van der Waals surface area contributed by atoms with Crippen molar-refractivity contribution in [3.8, 4) is 0 Å². The predicted molar refractivity (Wildman–Crippen MR) is 61.2 cm³/mol. The van der Waals surface area contributed by atoms with E-state index in [1.807, 2.05) is 6.92 Å². The molecule has 0 heterocycles. The topological polar surface area (TPSA) is 58.3 Å². The van der Waals surface area contributed by atoms with Crippen LogP contribution in [0.15, 0.2) is 0 Å². The number of nitrogens with two attached hydrogens (primary N) is 1. The maximum Gasteiger partial charge on any atom is 0.0662 e. The van der Waals surface area contributed by atoms with Gasteiger partial charge < -0.3 is 16.2 Å². The van der Waals surface area contributed by atoms with Gasteiger partial charge in [-0.1, -0.05) is 20.3 Å². The molecule has 4 N–H and O–H groups in total. The van der Waals surface area contributed by atoms with Gasteiger partial charge in [-0.3, -0.25) is 0 Å². The lowest BCUT2D eigenvalue weighted by Crippen LogP contribution is -2.29. The van der Waals surface area contributed by atoms with Gasteiger partial charge in [0, 0.05) is 6.54 Å². The highest BCUT2D eigenvalue weighted by molar-refractivity contribution is 4.63. The van der Waals surface area contributed by atoms with E-state index >= 15 is 0 Å². The zero-order valence-corrected chi connectivity index (χ0v) is 9.63. The molecule has 0 rings (SSSR count). The smallest absolute Gasteiger partial charge is 0.0662 e. The van der Waals surface area contributed by atoms with Crippen molar-refractivity contribution in [2.75, 3.05) is 19.6 Å². The summed E-state index contributed by atoms with van der Waals surface area (Å²) in [4.78, 5) is 0. The van der Waals surface area contributed by atoms with Gasteiger partial charge in [-0.2, -0.15) is 0 Å². The molecular weight excluding hydrogens is 176 g/mol. The molecule has 0 amide bonds. The molecule has 0 aliphatic rings. The Morgan fingerprint density at radius 3 is 2.50 bits per heavy atom. The van der Waals surface area contributed by atoms with E-state index in [2.05, 4.69) is 12.2 Å². The van der Waals surface area contributed by atoms with Crippen molar-refractivity contribution in [1.29, 1.82) is 0 Å². The van der Waals surface area contributed by atoms with E-state index in [0.29, 0.717) is 12.5 Å². The largest absolute Gasteiger partial charge is 0.392 e. The van der Waals surface area contributed by atoms with Crippen molar-refractivity contribution < 1.29 is 5.11 Å². The first-order chi connectivity index (χ1) is 6.74. The van der Waals surface area contributed by atoms with Crippen LogP contribution in [0.1, 0.15) is 39.5 Å². The molecule has 0 spiro atoms. The molecule has 0 aromatic carbocycles. The Bertz CT molecular complexity index is 120. The van der Waals surface area contributed by atoms with E-state index in [1.54, 1.807) is 0 Å². The molecule has 2 atom stereocenters. The fourth-order valence-electron chi connectivity index (χ4n) is 1.51. The van der Waals surface area contributed by atoms with Gasteiger partial charge in [-0.25, -0.2) is 0 Å². The van der Waals surface area contributed by atoms with Crippen LogP contribution in [-0.4, -0.2) is 30.8 Å². The summed E-state index contributed by atoms with van der Waals surface area (Å²) in [6.07, 6.45) is 4.18. The maximum atomic E-state index is 9.30. The van der Waals surface area contributed by atoms with E-state index in [0.717, 1.165) is 25.9 Å². The van der Waals surface area contributed by atoms with Gasteiger partial charge >= 0.3 is 0 Å². The minimum Gasteiger partial charge on any atom is -0.392 e. The Kier molecular flexibility index (Phi) is 9.35. The molecule has 0 radical (unpaired) electrons. The van der Waals surface area contributed by atoms with E-state index in [1.165, 1.54) is 12.8 Å². The standard InChI is InChI=1S/C11H26N2O/c1-3-5-10(8-12)6-7-13-9-11(14)4-2/h10-11,13-14H,3-9,12H2,1-2H3. The van der Waals surface area contributed by atoms with Crippen LogP contribution in [0, 0.1) is 5.92 Å². The molecule has 0 saturated carbocycles. The molecule has 3 heteroatoms. The molecule has 0 bridgehead atoms. The molecule has 0 fully saturated rings. The summed E-state index contributed by atoms with van der Waals surface area (Å²) in [6.45, 7) is 6.65. The second-order valence-corrected chi connectivity index (χ2v) is 3.95. The van der Waals surface area contributed by atoms with E-state index < -0.39 is 0 Å². The summed E-state index contributed by atoms with van der Waals surface area (Å²) in [6, 6.07) is 0. The molecular formula is C11H26N2O. The Labute approximate surface area is 88.1 Å². The summed E-state index contributed by atoms with van der Waals surface area (Å²) in [5, 5.41) is 12.6. The number of nitrogens with one attached hydrogen (secondary N) is 1. The van der Waals surface area contributed by atoms with Crippen molar-refractivity contribution in [3.63, 3.8) is 0 Å². The van der Waals surface area contributed by atoms with Crippen LogP contribution in [0.3, 0.4) is 0 Å². The van der Waals surface area contributed by atoms with E-state index in [-0.39, 0.29) is 6.10 Å². The minimum absolute atomic E-state index is 0.197. The Balaban J connectivity index is 3.32. The van der Waals surface area contributed by atoms with Crippen molar-refractivity contribution >= 4 is 0 Å². The van der Waals surface area contributed by atoms with E-state index in [9.17, 15) is 5.11 Å². The Morgan fingerprint density at radius 2 is 2.00 bits per heavy atom. The van der Waals surface area contributed by atoms with Crippen LogP contribution >= 0.6 is 0 Å². The summed E-state index contributed by atoms with van der Waals surface area (Å²) >= 11 is 0. The minimum atomic E-state index is -0.197. The van der Waals surface area contributed by atoms with Gasteiger partial charge in [-0.05, 0) is 38.3 Å². The number of hydrogen-bond donors (Lipinski definition) is 3. The number of rotatable bonds is 9. The van der Waals surface area contributed by atoms with Crippen molar-refractivity contribution in [2.45, 2.75) is 45.6 Å². The molecule has 0 saturated heterocycles. The molecule has 0 aliphatic heterocycles. The second kappa shape index (κ2) is 9.44. The Hall–Kier alpha value is -0.120. The highest BCUT2D eigenvalue weighted by Crippen LogP contribution is 2.07. The third-order valence-corrected chi connectivity index (χ3v) is 2.61. The SMILES string of the molecule is CCCC(CN)CCNCC(O)CC. The molecule has 0 aromatic heterocycles. The lowest BCUT2D eigenvalue weighted by atomic mass is 10.0. The summed E-state index contributed by atoms with van der Waals surface area (Å²) in [7, 11) is 0. The zero-order chi connectivity index (χ0) is 10.8. The van der Waals surface area contributed by atoms with Crippen molar-refractivity contribution in [1.82, 2.24) is 5.32 Å². The van der Waals surface area contributed by atoms with Gasteiger partial charge in [0.05, 0.1) is 6.10 Å². The molecule has 0 aromatic rings. The van der Waals surface area contributed by atoms with E-state index in [4.69, 9.17) is 5.73 Å². The monoisotopic (exact) mass is 202 g/mol. The third-order valence-electron chi connectivity index (χ3n) is 2.61. The summed E-state index contributed by atoms with van der Waals surface area (Å²) in [5.41, 5.74) is 5.65. The lowest BCUT2D eigenvalue weighted by molar-refractivity contribution is 0.167. The molecule has 86 valence electrons. The first-order valence-electron chi connectivity index (χ1n) is 5.83. The highest BCUT2D eigenvalue weighted by atomic mass is 16.3. The number of aliphatic hydroxyl groups excluding tert-OH is 1. The molecule has 2 unspecified atom stereocenters. The van der Waals surface area contributed by atoms with Crippen molar-refractivity contribution in [3.05, 3.63) is 0 Å². The molecule has 3 nitrogen and oxygen atoms in total. The van der Waals surface area contributed by atoms with Gasteiger partial charge in [0.15, 0.2) is 0 Å². The van der Waals surface area contributed by atoms with Crippen LogP contribution in [0.4, 0.5) is 0 Å². The van der Waals surface area contributed by atoms with Crippen molar-refractivity contribution in [2.24, 2.45) is 11.7 Å². The van der Waals surface area contributed by atoms with Crippen LogP contribution in [0.5, 0.6) is 0 Å². The van der Waals surface area contributed by atoms with Crippen LogP contribution < -0.4 is 11.1 Å². The second-order valence-electron chi connectivity index (χ2n) is 3.95. The van der Waals surface area contributed by atoms with Crippen LogP contribution in [0.25, 0.3) is 0 Å². The molecule has 14 heavy (non-hydrogen) atoms. The predicted octanol–water partition coefficient (Wildman–Crippen LogP) is 1.11. The third kappa shape index (κ3) is 7.30. The highest BCUT2D eigenvalue weighted by Gasteiger charge is 2.05. The Morgan fingerprint density at radius 1 is 1.29 bits per heavy atom.